The first-order valence-electron chi connectivity index (χ1n) is 4.80. The van der Waals surface area contributed by atoms with E-state index < -0.39 is 0 Å². The second-order valence-electron chi connectivity index (χ2n) is 3.47. The Morgan fingerprint density at radius 1 is 1.44 bits per heavy atom. The van der Waals surface area contributed by atoms with Gasteiger partial charge in [0.2, 0.25) is 0 Å². The number of imidazole rings is 1. The standard InChI is InChI=1S/C11H12N4O/c1-15-6-10(13-7-15)11(16)14-9-5-3-2-4-8(9)12/h2-7H,12H2,1H3,(H,14,16). The van der Waals surface area contributed by atoms with Crippen molar-refractivity contribution < 1.29 is 4.79 Å². The van der Waals surface area contributed by atoms with Crippen LogP contribution in [0.5, 0.6) is 0 Å². The van der Waals surface area contributed by atoms with Crippen LogP contribution in [0.3, 0.4) is 0 Å². The third kappa shape index (κ3) is 2.03. The Morgan fingerprint density at radius 3 is 2.81 bits per heavy atom. The van der Waals surface area contributed by atoms with E-state index in [1.54, 1.807) is 36.3 Å². The predicted octanol–water partition coefficient (Wildman–Crippen LogP) is 1.25. The number of carbonyl (C=O) groups excluding carboxylic acids is 1. The molecule has 16 heavy (non-hydrogen) atoms. The van der Waals surface area contributed by atoms with Gasteiger partial charge < -0.3 is 15.6 Å². The first kappa shape index (κ1) is 10.2. The average Bonchev–Trinajstić information content (AvgIpc) is 2.68. The monoisotopic (exact) mass is 216 g/mol. The molecule has 1 heterocycles. The molecule has 1 amide bonds. The van der Waals surface area contributed by atoms with Gasteiger partial charge >= 0.3 is 0 Å². The maximum absolute atomic E-state index is 11.7. The summed E-state index contributed by atoms with van der Waals surface area (Å²) in [6, 6.07) is 7.10. The molecule has 0 saturated carbocycles. The van der Waals surface area contributed by atoms with Crippen molar-refractivity contribution in [3.63, 3.8) is 0 Å². The molecule has 0 spiro atoms. The fourth-order valence-electron chi connectivity index (χ4n) is 1.33. The Morgan fingerprint density at radius 2 is 2.19 bits per heavy atom. The lowest BCUT2D eigenvalue weighted by molar-refractivity contribution is 0.102. The molecule has 5 nitrogen and oxygen atoms in total. The van der Waals surface area contributed by atoms with Crippen molar-refractivity contribution in [1.82, 2.24) is 9.55 Å². The van der Waals surface area contributed by atoms with Gasteiger partial charge in [-0.15, -0.1) is 0 Å². The van der Waals surface area contributed by atoms with Gasteiger partial charge in [-0.3, -0.25) is 4.79 Å². The average molecular weight is 216 g/mol. The van der Waals surface area contributed by atoms with Gasteiger partial charge in [0.1, 0.15) is 5.69 Å². The minimum atomic E-state index is -0.265. The van der Waals surface area contributed by atoms with Crippen molar-refractivity contribution >= 4 is 17.3 Å². The first-order valence-corrected chi connectivity index (χ1v) is 4.80. The summed E-state index contributed by atoms with van der Waals surface area (Å²) in [5.41, 5.74) is 7.21. The second kappa shape index (κ2) is 4.06. The molecule has 0 unspecified atom stereocenters. The number of aromatic nitrogens is 2. The molecular weight excluding hydrogens is 204 g/mol. The van der Waals surface area contributed by atoms with E-state index in [1.807, 2.05) is 12.1 Å². The van der Waals surface area contributed by atoms with Gasteiger partial charge in [-0.05, 0) is 12.1 Å². The molecule has 1 aromatic heterocycles. The van der Waals surface area contributed by atoms with E-state index in [0.717, 1.165) is 0 Å². The van der Waals surface area contributed by atoms with E-state index in [4.69, 9.17) is 5.73 Å². The molecule has 0 aliphatic carbocycles. The van der Waals surface area contributed by atoms with E-state index in [-0.39, 0.29) is 5.91 Å². The molecule has 82 valence electrons. The molecule has 2 rings (SSSR count). The normalized spacial score (nSPS) is 10.1. The third-order valence-corrected chi connectivity index (χ3v) is 2.15. The van der Waals surface area contributed by atoms with E-state index >= 15 is 0 Å². The SMILES string of the molecule is Cn1cnc(C(=O)Nc2ccccc2N)c1. The number of para-hydroxylation sites is 2. The second-order valence-corrected chi connectivity index (χ2v) is 3.47. The van der Waals surface area contributed by atoms with Crippen LogP contribution < -0.4 is 11.1 Å². The zero-order valence-electron chi connectivity index (χ0n) is 8.84. The van der Waals surface area contributed by atoms with Gasteiger partial charge in [-0.2, -0.15) is 0 Å². The summed E-state index contributed by atoms with van der Waals surface area (Å²) in [5.74, 6) is -0.265. The van der Waals surface area contributed by atoms with Gasteiger partial charge in [-0.1, -0.05) is 12.1 Å². The summed E-state index contributed by atoms with van der Waals surface area (Å²) in [6.45, 7) is 0. The van der Waals surface area contributed by atoms with E-state index in [1.165, 1.54) is 0 Å². The Bertz CT molecular complexity index is 518. The molecule has 2 aromatic rings. The summed E-state index contributed by atoms with van der Waals surface area (Å²) < 4.78 is 1.71. The number of amides is 1. The van der Waals surface area contributed by atoms with Crippen LogP contribution in [0, 0.1) is 0 Å². The number of anilines is 2. The number of aryl methyl sites for hydroxylation is 1. The quantitative estimate of drug-likeness (QED) is 0.742. The van der Waals surface area contributed by atoms with Crippen molar-refractivity contribution in [1.29, 1.82) is 0 Å². The highest BCUT2D eigenvalue weighted by molar-refractivity contribution is 6.04. The minimum Gasteiger partial charge on any atom is -0.397 e. The minimum absolute atomic E-state index is 0.265. The van der Waals surface area contributed by atoms with Crippen LogP contribution in [-0.2, 0) is 7.05 Å². The van der Waals surface area contributed by atoms with E-state index in [2.05, 4.69) is 10.3 Å². The number of rotatable bonds is 2. The molecule has 3 N–H and O–H groups in total. The topological polar surface area (TPSA) is 72.9 Å². The lowest BCUT2D eigenvalue weighted by Gasteiger charge is -2.05. The molecule has 0 saturated heterocycles. The smallest absolute Gasteiger partial charge is 0.275 e. The molecule has 0 aliphatic heterocycles. The summed E-state index contributed by atoms with van der Waals surface area (Å²) in [6.07, 6.45) is 3.22. The molecule has 0 atom stereocenters. The van der Waals surface area contributed by atoms with Crippen LogP contribution in [0.15, 0.2) is 36.8 Å². The summed E-state index contributed by atoms with van der Waals surface area (Å²) >= 11 is 0. The third-order valence-electron chi connectivity index (χ3n) is 2.15. The zero-order valence-corrected chi connectivity index (χ0v) is 8.84. The Hall–Kier alpha value is -2.30. The number of nitrogen functional groups attached to an aromatic ring is 1. The highest BCUT2D eigenvalue weighted by Gasteiger charge is 2.09. The molecular formula is C11H12N4O. The van der Waals surface area contributed by atoms with Crippen molar-refractivity contribution in [3.05, 3.63) is 42.5 Å². The molecule has 0 radical (unpaired) electrons. The van der Waals surface area contributed by atoms with Crippen molar-refractivity contribution in [3.8, 4) is 0 Å². The zero-order chi connectivity index (χ0) is 11.5. The van der Waals surface area contributed by atoms with Gasteiger partial charge in [0.15, 0.2) is 0 Å². The number of carbonyl (C=O) groups is 1. The molecule has 0 bridgehead atoms. The van der Waals surface area contributed by atoms with Gasteiger partial charge in [0.05, 0.1) is 17.7 Å². The Balaban J connectivity index is 2.17. The van der Waals surface area contributed by atoms with Crippen LogP contribution in [-0.4, -0.2) is 15.5 Å². The number of nitrogens with zero attached hydrogens (tertiary/aromatic N) is 2. The van der Waals surface area contributed by atoms with Gasteiger partial charge in [-0.25, -0.2) is 4.98 Å². The summed E-state index contributed by atoms with van der Waals surface area (Å²) in [4.78, 5) is 15.7. The molecule has 1 aromatic carbocycles. The molecule has 0 fully saturated rings. The lowest BCUT2D eigenvalue weighted by atomic mass is 10.2. The van der Waals surface area contributed by atoms with Gasteiger partial charge in [0, 0.05) is 13.2 Å². The van der Waals surface area contributed by atoms with Crippen molar-refractivity contribution in [2.24, 2.45) is 7.05 Å². The maximum Gasteiger partial charge on any atom is 0.275 e. The van der Waals surface area contributed by atoms with Crippen molar-refractivity contribution in [2.75, 3.05) is 11.1 Å². The number of hydrogen-bond acceptors (Lipinski definition) is 3. The van der Waals surface area contributed by atoms with E-state index in [0.29, 0.717) is 17.1 Å². The number of benzene rings is 1. The predicted molar refractivity (Wildman–Crippen MR) is 62.0 cm³/mol. The Kier molecular flexibility index (Phi) is 2.59. The van der Waals surface area contributed by atoms with Crippen LogP contribution in [0.1, 0.15) is 10.5 Å². The molecule has 5 heteroatoms. The fraction of sp³-hybridized carbons (Fsp3) is 0.0909. The van der Waals surface area contributed by atoms with Gasteiger partial charge in [0.25, 0.3) is 5.91 Å². The number of hydrogen-bond donors (Lipinski definition) is 2. The van der Waals surface area contributed by atoms with Crippen LogP contribution in [0.4, 0.5) is 11.4 Å². The first-order chi connectivity index (χ1) is 7.66. The maximum atomic E-state index is 11.7. The van der Waals surface area contributed by atoms with Crippen LogP contribution in [0.25, 0.3) is 0 Å². The van der Waals surface area contributed by atoms with Crippen LogP contribution in [0.2, 0.25) is 0 Å². The lowest BCUT2D eigenvalue weighted by Crippen LogP contribution is -2.13. The van der Waals surface area contributed by atoms with Crippen LogP contribution >= 0.6 is 0 Å². The van der Waals surface area contributed by atoms with Crippen molar-refractivity contribution in [2.45, 2.75) is 0 Å². The largest absolute Gasteiger partial charge is 0.397 e. The summed E-state index contributed by atoms with van der Waals surface area (Å²) in [5, 5.41) is 2.70. The Labute approximate surface area is 92.9 Å². The number of nitrogens with one attached hydrogen (secondary N) is 1. The molecule has 0 aliphatic rings. The highest BCUT2D eigenvalue weighted by atomic mass is 16.1. The van der Waals surface area contributed by atoms with E-state index in [9.17, 15) is 4.79 Å². The highest BCUT2D eigenvalue weighted by Crippen LogP contribution is 2.17. The summed E-state index contributed by atoms with van der Waals surface area (Å²) in [7, 11) is 1.81. The number of nitrogens with two attached hydrogens (primary N) is 1. The fourth-order valence-corrected chi connectivity index (χ4v) is 1.33.